The van der Waals surface area contributed by atoms with Gasteiger partial charge in [-0.3, -0.25) is 9.69 Å². The fourth-order valence-electron chi connectivity index (χ4n) is 2.62. The van der Waals surface area contributed by atoms with E-state index in [2.05, 4.69) is 4.90 Å². The summed E-state index contributed by atoms with van der Waals surface area (Å²) < 4.78 is 5.22. The largest absolute Gasteiger partial charge is 0.461 e. The van der Waals surface area contributed by atoms with Crippen molar-refractivity contribution in [3.8, 4) is 0 Å². The first-order chi connectivity index (χ1) is 7.27. The van der Waals surface area contributed by atoms with Crippen LogP contribution in [0.3, 0.4) is 0 Å². The van der Waals surface area contributed by atoms with Gasteiger partial charge >= 0.3 is 5.97 Å². The summed E-state index contributed by atoms with van der Waals surface area (Å²) in [4.78, 5) is 14.0. The molecule has 0 spiro atoms. The van der Waals surface area contributed by atoms with Crippen LogP contribution in [0.1, 0.15) is 45.4 Å². The second-order valence-corrected chi connectivity index (χ2v) is 4.80. The molecule has 0 saturated carbocycles. The van der Waals surface area contributed by atoms with Crippen LogP contribution in [-0.4, -0.2) is 36.1 Å². The number of rotatable bonds is 1. The first kappa shape index (κ1) is 10.9. The molecule has 2 atom stereocenters. The summed E-state index contributed by atoms with van der Waals surface area (Å²) in [6.07, 6.45) is 7.46. The zero-order valence-electron chi connectivity index (χ0n) is 9.58. The van der Waals surface area contributed by atoms with Gasteiger partial charge in [-0.15, -0.1) is 0 Å². The van der Waals surface area contributed by atoms with Gasteiger partial charge < -0.3 is 4.74 Å². The van der Waals surface area contributed by atoms with Crippen LogP contribution < -0.4 is 0 Å². The maximum Gasteiger partial charge on any atom is 0.323 e. The topological polar surface area (TPSA) is 29.5 Å². The molecule has 0 N–H and O–H groups in total. The first-order valence-electron chi connectivity index (χ1n) is 6.22. The highest BCUT2D eigenvalue weighted by atomic mass is 16.6. The van der Waals surface area contributed by atoms with E-state index in [1.807, 2.05) is 6.92 Å². The Morgan fingerprint density at radius 1 is 1.13 bits per heavy atom. The molecule has 86 valence electrons. The molecule has 15 heavy (non-hydrogen) atoms. The quantitative estimate of drug-likeness (QED) is 0.621. The number of carbonyl (C=O) groups is 1. The molecule has 2 saturated heterocycles. The van der Waals surface area contributed by atoms with Gasteiger partial charge in [-0.05, 0) is 32.9 Å². The fourth-order valence-corrected chi connectivity index (χ4v) is 2.62. The molecule has 0 amide bonds. The zero-order chi connectivity index (χ0) is 10.7. The Hall–Kier alpha value is -0.570. The summed E-state index contributed by atoms with van der Waals surface area (Å²) in [5.41, 5.74) is 0. The minimum Gasteiger partial charge on any atom is -0.461 e. The van der Waals surface area contributed by atoms with Crippen LogP contribution in [0.15, 0.2) is 0 Å². The van der Waals surface area contributed by atoms with Crippen molar-refractivity contribution in [3.05, 3.63) is 0 Å². The molecule has 2 aliphatic rings. The second kappa shape index (κ2) is 4.97. The molecule has 2 aliphatic heterocycles. The maximum atomic E-state index is 11.6. The zero-order valence-corrected chi connectivity index (χ0v) is 9.58. The molecule has 3 nitrogen and oxygen atoms in total. The van der Waals surface area contributed by atoms with E-state index in [9.17, 15) is 4.79 Å². The second-order valence-electron chi connectivity index (χ2n) is 4.80. The van der Waals surface area contributed by atoms with E-state index in [-0.39, 0.29) is 18.1 Å². The third-order valence-electron chi connectivity index (χ3n) is 3.48. The minimum atomic E-state index is 0.00285. The smallest absolute Gasteiger partial charge is 0.323 e. The first-order valence-corrected chi connectivity index (χ1v) is 6.22. The van der Waals surface area contributed by atoms with Gasteiger partial charge in [0.1, 0.15) is 12.1 Å². The lowest BCUT2D eigenvalue weighted by molar-refractivity contribution is -0.144. The number of hydrogen-bond acceptors (Lipinski definition) is 3. The van der Waals surface area contributed by atoms with Crippen LogP contribution >= 0.6 is 0 Å². The molecule has 0 aromatic rings. The van der Waals surface area contributed by atoms with E-state index in [0.29, 0.717) is 0 Å². The number of ether oxygens (including phenoxy) is 1. The van der Waals surface area contributed by atoms with E-state index >= 15 is 0 Å². The lowest BCUT2D eigenvalue weighted by atomic mass is 10.1. The molecule has 2 heterocycles. The Labute approximate surface area is 91.8 Å². The molecule has 0 aromatic heterocycles. The summed E-state index contributed by atoms with van der Waals surface area (Å²) in [6, 6.07) is 0.0538. The molecule has 0 radical (unpaired) electrons. The van der Waals surface area contributed by atoms with Gasteiger partial charge in [0.05, 0.1) is 0 Å². The van der Waals surface area contributed by atoms with Crippen molar-refractivity contribution in [2.75, 3.05) is 13.1 Å². The van der Waals surface area contributed by atoms with Gasteiger partial charge in [0.25, 0.3) is 0 Å². The molecule has 0 aliphatic carbocycles. The van der Waals surface area contributed by atoms with Gasteiger partial charge in [-0.25, -0.2) is 0 Å². The molecule has 2 fully saturated rings. The van der Waals surface area contributed by atoms with Crippen molar-refractivity contribution in [1.29, 1.82) is 0 Å². The van der Waals surface area contributed by atoms with Gasteiger partial charge in [0.2, 0.25) is 0 Å². The summed E-state index contributed by atoms with van der Waals surface area (Å²) in [5.74, 6) is 0.00285. The summed E-state index contributed by atoms with van der Waals surface area (Å²) in [5, 5.41) is 0. The van der Waals surface area contributed by atoms with Crippen LogP contribution in [0.5, 0.6) is 0 Å². The number of carbonyl (C=O) groups excluding carboxylic acids is 1. The van der Waals surface area contributed by atoms with E-state index in [1.54, 1.807) is 0 Å². The number of nitrogens with zero attached hydrogens (tertiary/aromatic N) is 1. The molecule has 0 bridgehead atoms. The predicted octanol–water partition coefficient (Wildman–Crippen LogP) is 1.96. The molecule has 0 unspecified atom stereocenters. The van der Waals surface area contributed by atoms with Crippen molar-refractivity contribution in [2.24, 2.45) is 0 Å². The average molecular weight is 211 g/mol. The summed E-state index contributed by atoms with van der Waals surface area (Å²) >= 11 is 0. The van der Waals surface area contributed by atoms with Crippen LogP contribution in [0.4, 0.5) is 0 Å². The van der Waals surface area contributed by atoms with Gasteiger partial charge in [-0.2, -0.15) is 0 Å². The molecular weight excluding hydrogens is 190 g/mol. The highest BCUT2D eigenvalue weighted by Crippen LogP contribution is 2.22. The number of hydrogen-bond donors (Lipinski definition) is 0. The molecule has 3 heteroatoms. The lowest BCUT2D eigenvalue weighted by Crippen LogP contribution is -2.40. The van der Waals surface area contributed by atoms with Crippen LogP contribution in [-0.2, 0) is 9.53 Å². The maximum absolute atomic E-state index is 11.6. The van der Waals surface area contributed by atoms with Crippen molar-refractivity contribution < 1.29 is 9.53 Å². The fraction of sp³-hybridized carbons (Fsp3) is 0.917. The lowest BCUT2D eigenvalue weighted by Gasteiger charge is -2.27. The predicted molar refractivity (Wildman–Crippen MR) is 58.6 cm³/mol. The van der Waals surface area contributed by atoms with Crippen molar-refractivity contribution in [3.63, 3.8) is 0 Å². The highest BCUT2D eigenvalue weighted by molar-refractivity contribution is 5.77. The normalized spacial score (nSPS) is 34.6. The summed E-state index contributed by atoms with van der Waals surface area (Å²) in [6.45, 7) is 4.14. The van der Waals surface area contributed by atoms with Crippen LogP contribution in [0, 0.1) is 0 Å². The van der Waals surface area contributed by atoms with E-state index in [4.69, 9.17) is 4.74 Å². The molecule has 2 rings (SSSR count). The van der Waals surface area contributed by atoms with Crippen molar-refractivity contribution >= 4 is 5.97 Å². The number of esters is 1. The Morgan fingerprint density at radius 3 is 2.27 bits per heavy atom. The Kier molecular flexibility index (Phi) is 3.62. The van der Waals surface area contributed by atoms with Crippen molar-refractivity contribution in [1.82, 2.24) is 4.90 Å². The van der Waals surface area contributed by atoms with Crippen LogP contribution in [0.2, 0.25) is 0 Å². The Morgan fingerprint density at radius 2 is 1.73 bits per heavy atom. The number of cyclic esters (lactones) is 1. The SMILES string of the molecule is C[C@@H]1C[C@@H](N2CCCCCCC2)C(=O)O1. The third-order valence-corrected chi connectivity index (χ3v) is 3.48. The molecule has 0 aromatic carbocycles. The Bertz CT molecular complexity index is 222. The van der Waals surface area contributed by atoms with E-state index in [1.165, 1.54) is 32.1 Å². The Balaban J connectivity index is 1.92. The minimum absolute atomic E-state index is 0.00285. The summed E-state index contributed by atoms with van der Waals surface area (Å²) in [7, 11) is 0. The standard InChI is InChI=1S/C12H21NO2/c1-10-9-11(12(14)15-10)13-7-5-3-2-4-6-8-13/h10-11H,2-9H2,1H3/t10-,11-/m1/s1. The van der Waals surface area contributed by atoms with Crippen LogP contribution in [0.25, 0.3) is 0 Å². The third kappa shape index (κ3) is 2.71. The van der Waals surface area contributed by atoms with Gasteiger partial charge in [-0.1, -0.05) is 19.3 Å². The molecular formula is C12H21NO2. The monoisotopic (exact) mass is 211 g/mol. The van der Waals surface area contributed by atoms with E-state index < -0.39 is 0 Å². The van der Waals surface area contributed by atoms with Gasteiger partial charge in [0.15, 0.2) is 0 Å². The highest BCUT2D eigenvalue weighted by Gasteiger charge is 2.35. The van der Waals surface area contributed by atoms with Gasteiger partial charge in [0, 0.05) is 6.42 Å². The van der Waals surface area contributed by atoms with E-state index in [0.717, 1.165) is 19.5 Å². The number of likely N-dealkylation sites (tertiary alicyclic amines) is 1. The average Bonchev–Trinajstić information content (AvgIpc) is 2.45. The van der Waals surface area contributed by atoms with Crippen molar-refractivity contribution in [2.45, 2.75) is 57.6 Å².